The molecule has 1 aromatic heterocycles. The Labute approximate surface area is 185 Å². The van der Waals surface area contributed by atoms with E-state index in [1.54, 1.807) is 23.0 Å². The molecule has 8 heteroatoms. The van der Waals surface area contributed by atoms with Gasteiger partial charge in [0.15, 0.2) is 0 Å². The van der Waals surface area contributed by atoms with Gasteiger partial charge in [-0.2, -0.15) is 13.2 Å². The molecule has 0 saturated heterocycles. The molecule has 0 bridgehead atoms. The Kier molecular flexibility index (Phi) is 6.44. The van der Waals surface area contributed by atoms with Crippen molar-refractivity contribution >= 4 is 5.91 Å². The molecule has 3 aromatic rings. The Morgan fingerprint density at radius 3 is 2.28 bits per heavy atom. The van der Waals surface area contributed by atoms with Crippen molar-refractivity contribution in [3.8, 4) is 16.8 Å². The van der Waals surface area contributed by atoms with Gasteiger partial charge in [0.05, 0.1) is 5.56 Å². The molecule has 0 aliphatic rings. The normalized spacial score (nSPS) is 12.3. The topological polar surface area (TPSA) is 59.8 Å². The van der Waals surface area contributed by atoms with E-state index in [1.165, 1.54) is 12.1 Å². The molecule has 0 atom stereocenters. The van der Waals surface area contributed by atoms with Crippen LogP contribution in [-0.2, 0) is 6.18 Å². The molecule has 0 aliphatic carbocycles. The molecule has 0 spiro atoms. The summed E-state index contributed by atoms with van der Waals surface area (Å²) in [5, 5.41) is 11.2. The Morgan fingerprint density at radius 2 is 1.72 bits per heavy atom. The van der Waals surface area contributed by atoms with E-state index >= 15 is 0 Å². The van der Waals surface area contributed by atoms with Gasteiger partial charge >= 0.3 is 6.18 Å². The molecule has 0 unspecified atom stereocenters. The maximum Gasteiger partial charge on any atom is 0.416 e. The first-order valence-electron chi connectivity index (χ1n) is 10.5. The number of nitrogens with zero attached hydrogens (tertiary/aromatic N) is 3. The lowest BCUT2D eigenvalue weighted by Crippen LogP contribution is -2.42. The van der Waals surface area contributed by atoms with Gasteiger partial charge in [-0.25, -0.2) is 0 Å². The van der Waals surface area contributed by atoms with Gasteiger partial charge in [-0.1, -0.05) is 32.9 Å². The summed E-state index contributed by atoms with van der Waals surface area (Å²) >= 11 is 0. The number of hydrogen-bond donors (Lipinski definition) is 1. The number of amides is 1. The molecule has 1 N–H and O–H groups in total. The van der Waals surface area contributed by atoms with Crippen LogP contribution in [0.25, 0.3) is 16.8 Å². The van der Waals surface area contributed by atoms with E-state index in [4.69, 9.17) is 0 Å². The first-order valence-corrected chi connectivity index (χ1v) is 10.5. The van der Waals surface area contributed by atoms with Crippen molar-refractivity contribution in [2.24, 2.45) is 0 Å². The molecule has 5 nitrogen and oxygen atoms in total. The average Bonchev–Trinajstić information content (AvgIpc) is 3.23. The number of carbonyl (C=O) groups is 1. The van der Waals surface area contributed by atoms with Crippen molar-refractivity contribution in [2.75, 3.05) is 0 Å². The molecular weight excluding hydrogens is 417 g/mol. The number of alkyl halides is 3. The number of hydrogen-bond acceptors (Lipinski definition) is 3. The fourth-order valence-electron chi connectivity index (χ4n) is 3.20. The monoisotopic (exact) mass is 444 g/mol. The Bertz CT molecular complexity index is 1100. The van der Waals surface area contributed by atoms with Crippen LogP contribution in [0.3, 0.4) is 0 Å². The third-order valence-electron chi connectivity index (χ3n) is 5.43. The molecule has 32 heavy (non-hydrogen) atoms. The van der Waals surface area contributed by atoms with E-state index in [9.17, 15) is 18.0 Å². The summed E-state index contributed by atoms with van der Waals surface area (Å²) in [5.41, 5.74) is 1.14. The van der Waals surface area contributed by atoms with E-state index in [1.807, 2.05) is 40.7 Å². The minimum atomic E-state index is -4.41. The molecule has 1 heterocycles. The minimum Gasteiger partial charge on any atom is -0.347 e. The zero-order valence-electron chi connectivity index (χ0n) is 18.8. The second-order valence-corrected chi connectivity index (χ2v) is 8.75. The lowest BCUT2D eigenvalue weighted by atomic mass is 9.98. The van der Waals surface area contributed by atoms with Crippen molar-refractivity contribution in [3.05, 3.63) is 65.7 Å². The van der Waals surface area contributed by atoms with Gasteiger partial charge in [-0.15, -0.1) is 10.2 Å². The summed E-state index contributed by atoms with van der Waals surface area (Å²) in [4.78, 5) is 13.0. The van der Waals surface area contributed by atoms with E-state index in [0.717, 1.165) is 24.4 Å². The second kappa shape index (κ2) is 8.76. The third kappa shape index (κ3) is 5.18. The summed E-state index contributed by atoms with van der Waals surface area (Å²) in [6.07, 6.45) is -2.10. The molecule has 0 radical (unpaired) electrons. The number of rotatable bonds is 6. The molecule has 3 rings (SSSR count). The maximum atomic E-state index is 13.0. The van der Waals surface area contributed by atoms with Crippen molar-refractivity contribution in [1.29, 1.82) is 0 Å². The standard InChI is InChI=1S/C24H27F3N4O/c1-6-23(4,5)29-22(32)18-11-17(16-7-9-19(10-8-16)24(25,26)27)12-20(13-18)31-14-28-30-21(31)15(2)3/h7-15H,6H2,1-5H3,(H,29,32). The Morgan fingerprint density at radius 1 is 1.06 bits per heavy atom. The second-order valence-electron chi connectivity index (χ2n) is 8.75. The van der Waals surface area contributed by atoms with Gasteiger partial charge in [0.25, 0.3) is 5.91 Å². The molecular formula is C24H27F3N4O. The van der Waals surface area contributed by atoms with Crippen LogP contribution in [0.5, 0.6) is 0 Å². The van der Waals surface area contributed by atoms with E-state index in [-0.39, 0.29) is 11.8 Å². The quantitative estimate of drug-likeness (QED) is 0.508. The zero-order chi connectivity index (χ0) is 23.7. The highest BCUT2D eigenvalue weighted by molar-refractivity contribution is 5.96. The Hall–Kier alpha value is -3.16. The zero-order valence-corrected chi connectivity index (χ0v) is 18.8. The summed E-state index contributed by atoms with van der Waals surface area (Å²) in [6, 6.07) is 10.2. The van der Waals surface area contributed by atoms with Crippen molar-refractivity contribution < 1.29 is 18.0 Å². The van der Waals surface area contributed by atoms with Gasteiger partial charge in [-0.05, 0) is 61.7 Å². The summed E-state index contributed by atoms with van der Waals surface area (Å²) in [6.45, 7) is 9.82. The maximum absolute atomic E-state index is 13.0. The summed E-state index contributed by atoms with van der Waals surface area (Å²) in [5.74, 6) is 0.546. The van der Waals surface area contributed by atoms with Crippen molar-refractivity contribution in [3.63, 3.8) is 0 Å². The number of nitrogens with one attached hydrogen (secondary N) is 1. The first-order chi connectivity index (χ1) is 14.9. The van der Waals surface area contributed by atoms with Gasteiger partial charge in [0, 0.05) is 22.7 Å². The first kappa shape index (κ1) is 23.5. The lowest BCUT2D eigenvalue weighted by Gasteiger charge is -2.25. The molecule has 0 saturated carbocycles. The lowest BCUT2D eigenvalue weighted by molar-refractivity contribution is -0.137. The SMILES string of the molecule is CCC(C)(C)NC(=O)c1cc(-c2ccc(C(F)(F)F)cc2)cc(-n2cnnc2C(C)C)c1. The minimum absolute atomic E-state index is 0.0866. The van der Waals surface area contributed by atoms with Crippen LogP contribution < -0.4 is 5.32 Å². The third-order valence-corrected chi connectivity index (χ3v) is 5.43. The van der Waals surface area contributed by atoms with E-state index in [0.29, 0.717) is 22.4 Å². The van der Waals surface area contributed by atoms with Crippen molar-refractivity contribution in [1.82, 2.24) is 20.1 Å². The number of aromatic nitrogens is 3. The number of halogens is 3. The van der Waals surface area contributed by atoms with Gasteiger partial charge in [0.1, 0.15) is 12.2 Å². The van der Waals surface area contributed by atoms with E-state index in [2.05, 4.69) is 15.5 Å². The number of carbonyl (C=O) groups excluding carboxylic acids is 1. The largest absolute Gasteiger partial charge is 0.416 e. The predicted octanol–water partition coefficient (Wildman–Crippen LogP) is 5.99. The predicted molar refractivity (Wildman–Crippen MR) is 118 cm³/mol. The fourth-order valence-corrected chi connectivity index (χ4v) is 3.20. The van der Waals surface area contributed by atoms with Gasteiger partial charge < -0.3 is 5.32 Å². The highest BCUT2D eigenvalue weighted by atomic mass is 19.4. The van der Waals surface area contributed by atoms with Crippen LogP contribution in [0.2, 0.25) is 0 Å². The average molecular weight is 445 g/mol. The van der Waals surface area contributed by atoms with Crippen LogP contribution in [0.4, 0.5) is 13.2 Å². The molecule has 170 valence electrons. The smallest absolute Gasteiger partial charge is 0.347 e. The van der Waals surface area contributed by atoms with Crippen LogP contribution in [-0.4, -0.2) is 26.2 Å². The summed E-state index contributed by atoms with van der Waals surface area (Å²) < 4.78 is 40.7. The van der Waals surface area contributed by atoms with Gasteiger partial charge in [-0.3, -0.25) is 9.36 Å². The van der Waals surface area contributed by atoms with Gasteiger partial charge in [0.2, 0.25) is 0 Å². The van der Waals surface area contributed by atoms with Crippen LogP contribution in [0, 0.1) is 0 Å². The van der Waals surface area contributed by atoms with Crippen LogP contribution in [0.15, 0.2) is 48.8 Å². The molecule has 0 fully saturated rings. The van der Waals surface area contributed by atoms with Crippen LogP contribution in [0.1, 0.15) is 68.7 Å². The highest BCUT2D eigenvalue weighted by Gasteiger charge is 2.30. The molecule has 0 aliphatic heterocycles. The van der Waals surface area contributed by atoms with E-state index < -0.39 is 17.3 Å². The van der Waals surface area contributed by atoms with Crippen molar-refractivity contribution in [2.45, 2.75) is 58.7 Å². The fraction of sp³-hybridized carbons (Fsp3) is 0.375. The van der Waals surface area contributed by atoms with Crippen LogP contribution >= 0.6 is 0 Å². The molecule has 2 aromatic carbocycles. The molecule has 1 amide bonds. The summed E-state index contributed by atoms with van der Waals surface area (Å²) in [7, 11) is 0. The highest BCUT2D eigenvalue weighted by Crippen LogP contribution is 2.32. The number of benzene rings is 2. The Balaban J connectivity index is 2.12.